The molecule has 0 aliphatic heterocycles. The van der Waals surface area contributed by atoms with Crippen molar-refractivity contribution >= 4 is 11.5 Å². The minimum Gasteiger partial charge on any atom is -0.374 e. The predicted octanol–water partition coefficient (Wildman–Crippen LogP) is 1.86. The van der Waals surface area contributed by atoms with E-state index in [2.05, 4.69) is 10.4 Å². The van der Waals surface area contributed by atoms with E-state index >= 15 is 0 Å². The van der Waals surface area contributed by atoms with E-state index in [-0.39, 0.29) is 11.3 Å². The van der Waals surface area contributed by atoms with E-state index in [9.17, 15) is 10.1 Å². The topological polar surface area (TPSA) is 82.2 Å². The summed E-state index contributed by atoms with van der Waals surface area (Å²) >= 11 is 0. The van der Waals surface area contributed by atoms with E-state index in [1.807, 2.05) is 20.8 Å². The first-order valence-electron chi connectivity index (χ1n) is 5.84. The molecule has 0 saturated heterocycles. The standard InChI is InChI=1S/C11H20N4O3/c1-6-18-11(3,4)7-12-10-9(15(16)17)8(2)13-14(10)5/h12H,6-7H2,1-5H3. The lowest BCUT2D eigenvalue weighted by Crippen LogP contribution is -2.34. The molecular formula is C11H20N4O3. The van der Waals surface area contributed by atoms with Gasteiger partial charge in [0.15, 0.2) is 0 Å². The Labute approximate surface area is 106 Å². The van der Waals surface area contributed by atoms with Crippen LogP contribution in [0.4, 0.5) is 11.5 Å². The summed E-state index contributed by atoms with van der Waals surface area (Å²) in [7, 11) is 1.68. The van der Waals surface area contributed by atoms with Gasteiger partial charge in [-0.1, -0.05) is 0 Å². The van der Waals surface area contributed by atoms with Crippen LogP contribution in [0.3, 0.4) is 0 Å². The molecule has 102 valence electrons. The van der Waals surface area contributed by atoms with Crippen molar-refractivity contribution in [3.05, 3.63) is 15.8 Å². The number of nitrogens with one attached hydrogen (secondary N) is 1. The number of nitro groups is 1. The van der Waals surface area contributed by atoms with E-state index in [4.69, 9.17) is 4.74 Å². The van der Waals surface area contributed by atoms with E-state index < -0.39 is 4.92 Å². The summed E-state index contributed by atoms with van der Waals surface area (Å²) in [6.45, 7) is 8.47. The molecule has 1 aromatic heterocycles. The minimum atomic E-state index is -0.418. The molecule has 1 rings (SSSR count). The molecule has 18 heavy (non-hydrogen) atoms. The zero-order valence-corrected chi connectivity index (χ0v) is 11.5. The second kappa shape index (κ2) is 5.34. The quantitative estimate of drug-likeness (QED) is 0.620. The van der Waals surface area contributed by atoms with Crippen LogP contribution in [0.2, 0.25) is 0 Å². The Morgan fingerprint density at radius 1 is 1.56 bits per heavy atom. The Bertz CT molecular complexity index is 440. The van der Waals surface area contributed by atoms with Crippen molar-refractivity contribution in [1.82, 2.24) is 9.78 Å². The molecule has 0 aliphatic rings. The van der Waals surface area contributed by atoms with E-state index in [1.165, 1.54) is 4.68 Å². The second-order valence-electron chi connectivity index (χ2n) is 4.71. The largest absolute Gasteiger partial charge is 0.374 e. The lowest BCUT2D eigenvalue weighted by Gasteiger charge is -2.25. The van der Waals surface area contributed by atoms with Crippen molar-refractivity contribution in [1.29, 1.82) is 0 Å². The van der Waals surface area contributed by atoms with Gasteiger partial charge in [-0.25, -0.2) is 4.68 Å². The van der Waals surface area contributed by atoms with E-state index in [0.717, 1.165) is 0 Å². The van der Waals surface area contributed by atoms with Crippen molar-refractivity contribution < 1.29 is 9.66 Å². The maximum atomic E-state index is 11.0. The van der Waals surface area contributed by atoms with Crippen LogP contribution in [-0.2, 0) is 11.8 Å². The van der Waals surface area contributed by atoms with Crippen LogP contribution in [0.5, 0.6) is 0 Å². The molecule has 1 N–H and O–H groups in total. The number of rotatable bonds is 6. The normalized spacial score (nSPS) is 11.6. The summed E-state index contributed by atoms with van der Waals surface area (Å²) < 4.78 is 7.02. The SMILES string of the molecule is CCOC(C)(C)CNc1c([N+](=O)[O-])c(C)nn1C. The lowest BCUT2D eigenvalue weighted by atomic mass is 10.1. The monoisotopic (exact) mass is 256 g/mol. The van der Waals surface area contributed by atoms with Gasteiger partial charge >= 0.3 is 5.69 Å². The molecule has 1 aromatic rings. The summed E-state index contributed by atoms with van der Waals surface area (Å²) in [6, 6.07) is 0. The molecule has 0 fully saturated rings. The summed E-state index contributed by atoms with van der Waals surface area (Å²) in [5.74, 6) is 0.408. The summed E-state index contributed by atoms with van der Waals surface area (Å²) in [5, 5.41) is 18.1. The predicted molar refractivity (Wildman–Crippen MR) is 68.8 cm³/mol. The number of hydrogen-bond donors (Lipinski definition) is 1. The Morgan fingerprint density at radius 3 is 2.67 bits per heavy atom. The molecule has 7 heteroatoms. The van der Waals surface area contributed by atoms with Crippen molar-refractivity contribution in [2.75, 3.05) is 18.5 Å². The Kier molecular flexibility index (Phi) is 4.28. The first kappa shape index (κ1) is 14.4. The number of aromatic nitrogens is 2. The molecule has 0 saturated carbocycles. The minimum absolute atomic E-state index is 0.0183. The first-order chi connectivity index (χ1) is 8.28. The van der Waals surface area contributed by atoms with E-state index in [1.54, 1.807) is 14.0 Å². The fourth-order valence-corrected chi connectivity index (χ4v) is 1.80. The summed E-state index contributed by atoms with van der Waals surface area (Å²) in [6.07, 6.45) is 0. The third-order valence-electron chi connectivity index (χ3n) is 2.59. The fraction of sp³-hybridized carbons (Fsp3) is 0.727. The van der Waals surface area contributed by atoms with Crippen LogP contribution in [0.25, 0.3) is 0 Å². The number of anilines is 1. The van der Waals surface area contributed by atoms with Gasteiger partial charge < -0.3 is 10.1 Å². The highest BCUT2D eigenvalue weighted by atomic mass is 16.6. The first-order valence-corrected chi connectivity index (χ1v) is 5.84. The highest BCUT2D eigenvalue weighted by molar-refractivity contribution is 5.59. The molecule has 0 atom stereocenters. The number of ether oxygens (including phenoxy) is 1. The lowest BCUT2D eigenvalue weighted by molar-refractivity contribution is -0.384. The molecule has 0 spiro atoms. The van der Waals surface area contributed by atoms with Crippen LogP contribution in [-0.4, -0.2) is 33.5 Å². The Balaban J connectivity index is 2.88. The second-order valence-corrected chi connectivity index (χ2v) is 4.71. The van der Waals surface area contributed by atoms with E-state index in [0.29, 0.717) is 24.7 Å². The van der Waals surface area contributed by atoms with Crippen molar-refractivity contribution in [2.45, 2.75) is 33.3 Å². The highest BCUT2D eigenvalue weighted by Crippen LogP contribution is 2.27. The zero-order chi connectivity index (χ0) is 13.9. The molecule has 7 nitrogen and oxygen atoms in total. The molecule has 0 aromatic carbocycles. The maximum absolute atomic E-state index is 11.0. The van der Waals surface area contributed by atoms with Crippen LogP contribution in [0, 0.1) is 17.0 Å². The van der Waals surface area contributed by atoms with Gasteiger partial charge in [0.2, 0.25) is 5.82 Å². The zero-order valence-electron chi connectivity index (χ0n) is 11.5. The number of aryl methyl sites for hydroxylation is 2. The molecule has 0 aliphatic carbocycles. The average molecular weight is 256 g/mol. The van der Waals surface area contributed by atoms with Gasteiger partial charge in [-0.2, -0.15) is 5.10 Å². The van der Waals surface area contributed by atoms with Crippen molar-refractivity contribution in [3.63, 3.8) is 0 Å². The van der Waals surface area contributed by atoms with Gasteiger partial charge in [-0.15, -0.1) is 0 Å². The third kappa shape index (κ3) is 3.19. The molecule has 0 unspecified atom stereocenters. The van der Waals surface area contributed by atoms with Crippen LogP contribution < -0.4 is 5.32 Å². The smallest absolute Gasteiger partial charge is 0.333 e. The van der Waals surface area contributed by atoms with Crippen LogP contribution in [0.15, 0.2) is 0 Å². The number of hydrogen-bond acceptors (Lipinski definition) is 5. The molecule has 1 heterocycles. The Morgan fingerprint density at radius 2 is 2.17 bits per heavy atom. The maximum Gasteiger partial charge on any atom is 0.333 e. The molecule has 0 bridgehead atoms. The third-order valence-corrected chi connectivity index (χ3v) is 2.59. The van der Waals surface area contributed by atoms with Gasteiger partial charge in [0.1, 0.15) is 5.69 Å². The van der Waals surface area contributed by atoms with Gasteiger partial charge in [-0.05, 0) is 27.7 Å². The summed E-state index contributed by atoms with van der Waals surface area (Å²) in [4.78, 5) is 10.6. The Hall–Kier alpha value is -1.63. The van der Waals surface area contributed by atoms with Crippen LogP contribution >= 0.6 is 0 Å². The average Bonchev–Trinajstić information content (AvgIpc) is 2.50. The molecule has 0 radical (unpaired) electrons. The number of nitrogens with zero attached hydrogens (tertiary/aromatic N) is 3. The molecular weight excluding hydrogens is 236 g/mol. The van der Waals surface area contributed by atoms with Gasteiger partial charge in [0.25, 0.3) is 0 Å². The molecule has 0 amide bonds. The highest BCUT2D eigenvalue weighted by Gasteiger charge is 2.26. The fourth-order valence-electron chi connectivity index (χ4n) is 1.80. The van der Waals surface area contributed by atoms with Crippen molar-refractivity contribution in [2.24, 2.45) is 7.05 Å². The van der Waals surface area contributed by atoms with Gasteiger partial charge in [-0.3, -0.25) is 10.1 Å². The van der Waals surface area contributed by atoms with Crippen LogP contribution in [0.1, 0.15) is 26.5 Å². The van der Waals surface area contributed by atoms with Gasteiger partial charge in [0.05, 0.1) is 10.5 Å². The van der Waals surface area contributed by atoms with Gasteiger partial charge in [0, 0.05) is 20.2 Å². The summed E-state index contributed by atoms with van der Waals surface area (Å²) in [5.41, 5.74) is 0.0323. The van der Waals surface area contributed by atoms with Crippen molar-refractivity contribution in [3.8, 4) is 0 Å².